The number of amides is 1. The van der Waals surface area contributed by atoms with Crippen LogP contribution in [0.1, 0.15) is 13.8 Å². The molecule has 10 heteroatoms. The maximum absolute atomic E-state index is 12.9. The number of carbonyl (C=O) groups excluding carboxylic acids is 1. The first-order valence-corrected chi connectivity index (χ1v) is 11.2. The fourth-order valence-electron chi connectivity index (χ4n) is 3.90. The number of non-ortho nitro benzene ring substituents is 1. The van der Waals surface area contributed by atoms with E-state index in [4.69, 9.17) is 9.47 Å². The summed E-state index contributed by atoms with van der Waals surface area (Å²) in [5.74, 6) is 0.829. The summed E-state index contributed by atoms with van der Waals surface area (Å²) in [6.45, 7) is 5.02. The average molecular weight is 457 g/mol. The second kappa shape index (κ2) is 9.17. The number of fused-ring (bicyclic) bond motifs is 1. The molecule has 0 bridgehead atoms. The molecule has 0 spiro atoms. The van der Waals surface area contributed by atoms with Crippen molar-refractivity contribution in [1.29, 1.82) is 0 Å². The summed E-state index contributed by atoms with van der Waals surface area (Å²) < 4.78 is 13.1. The van der Waals surface area contributed by atoms with Crippen LogP contribution >= 0.6 is 11.8 Å². The van der Waals surface area contributed by atoms with Gasteiger partial charge in [0.1, 0.15) is 5.75 Å². The summed E-state index contributed by atoms with van der Waals surface area (Å²) in [5.41, 5.74) is 1.89. The minimum atomic E-state index is -0.446. The zero-order chi connectivity index (χ0) is 22.8. The number of nitro groups is 1. The van der Waals surface area contributed by atoms with E-state index in [9.17, 15) is 14.9 Å². The molecule has 3 aromatic rings. The number of benzene rings is 2. The van der Waals surface area contributed by atoms with E-state index < -0.39 is 4.92 Å². The van der Waals surface area contributed by atoms with Crippen molar-refractivity contribution < 1.29 is 19.2 Å². The summed E-state index contributed by atoms with van der Waals surface area (Å²) in [7, 11) is 1.58. The van der Waals surface area contributed by atoms with E-state index in [1.807, 2.05) is 47.6 Å². The lowest BCUT2D eigenvalue weighted by Gasteiger charge is -2.35. The van der Waals surface area contributed by atoms with Gasteiger partial charge in [0.2, 0.25) is 5.91 Å². The summed E-state index contributed by atoms with van der Waals surface area (Å²) >= 11 is 1.30. The van der Waals surface area contributed by atoms with Crippen molar-refractivity contribution in [3.05, 3.63) is 52.6 Å². The van der Waals surface area contributed by atoms with Gasteiger partial charge in [-0.05, 0) is 32.0 Å². The lowest BCUT2D eigenvalue weighted by atomic mass is 10.2. The summed E-state index contributed by atoms with van der Waals surface area (Å²) in [4.78, 5) is 30.1. The van der Waals surface area contributed by atoms with E-state index >= 15 is 0 Å². The second-order valence-electron chi connectivity index (χ2n) is 7.68. The van der Waals surface area contributed by atoms with E-state index in [0.717, 1.165) is 5.69 Å². The molecule has 0 radical (unpaired) electrons. The van der Waals surface area contributed by atoms with Gasteiger partial charge in [-0.1, -0.05) is 23.9 Å². The number of hydrogen-bond donors (Lipinski definition) is 0. The Labute approximate surface area is 189 Å². The van der Waals surface area contributed by atoms with Gasteiger partial charge in [0, 0.05) is 25.2 Å². The number of imidazole rings is 1. The first kappa shape index (κ1) is 22.1. The molecule has 2 aromatic carbocycles. The maximum Gasteiger partial charge on any atom is 0.271 e. The molecule has 1 amide bonds. The Morgan fingerprint density at radius 1 is 1.25 bits per heavy atom. The molecule has 2 atom stereocenters. The van der Waals surface area contributed by atoms with Gasteiger partial charge in [0.15, 0.2) is 5.16 Å². The van der Waals surface area contributed by atoms with E-state index in [1.165, 1.54) is 23.9 Å². The van der Waals surface area contributed by atoms with Gasteiger partial charge < -0.3 is 14.4 Å². The molecule has 1 aliphatic heterocycles. The molecule has 2 unspecified atom stereocenters. The number of ether oxygens (including phenoxy) is 2. The van der Waals surface area contributed by atoms with Crippen LogP contribution in [-0.4, -0.2) is 63.4 Å². The van der Waals surface area contributed by atoms with Crippen molar-refractivity contribution in [2.24, 2.45) is 0 Å². The molecule has 0 N–H and O–H groups in total. The monoisotopic (exact) mass is 456 g/mol. The van der Waals surface area contributed by atoms with Crippen LogP contribution in [0.15, 0.2) is 47.6 Å². The van der Waals surface area contributed by atoms with Gasteiger partial charge in [-0.3, -0.25) is 19.5 Å². The lowest BCUT2D eigenvalue weighted by Crippen LogP contribution is -2.48. The fraction of sp³-hybridized carbons (Fsp3) is 0.364. The van der Waals surface area contributed by atoms with Crippen molar-refractivity contribution in [2.75, 3.05) is 26.0 Å². The number of aromatic nitrogens is 2. The number of para-hydroxylation sites is 2. The Morgan fingerprint density at radius 3 is 2.66 bits per heavy atom. The Bertz CT molecular complexity index is 1150. The Balaban J connectivity index is 1.69. The molecule has 4 rings (SSSR count). The molecular weight excluding hydrogens is 432 g/mol. The average Bonchev–Trinajstić information content (AvgIpc) is 3.14. The normalized spacial score (nSPS) is 18.7. The van der Waals surface area contributed by atoms with E-state index in [1.54, 1.807) is 13.2 Å². The minimum absolute atomic E-state index is 0.00149. The van der Waals surface area contributed by atoms with Crippen LogP contribution in [0.25, 0.3) is 16.7 Å². The molecule has 32 heavy (non-hydrogen) atoms. The number of thioether (sulfide) groups is 1. The van der Waals surface area contributed by atoms with Crippen molar-refractivity contribution in [3.63, 3.8) is 0 Å². The number of rotatable bonds is 6. The summed E-state index contributed by atoms with van der Waals surface area (Å²) in [6, 6.07) is 12.0. The highest BCUT2D eigenvalue weighted by Crippen LogP contribution is 2.34. The predicted molar refractivity (Wildman–Crippen MR) is 122 cm³/mol. The van der Waals surface area contributed by atoms with Crippen LogP contribution < -0.4 is 4.74 Å². The second-order valence-corrected chi connectivity index (χ2v) is 8.62. The molecule has 2 heterocycles. The van der Waals surface area contributed by atoms with Crippen molar-refractivity contribution in [2.45, 2.75) is 31.2 Å². The zero-order valence-electron chi connectivity index (χ0n) is 18.1. The molecular formula is C22H24N4O5S. The highest BCUT2D eigenvalue weighted by atomic mass is 32.2. The summed E-state index contributed by atoms with van der Waals surface area (Å²) in [5, 5.41) is 11.8. The number of hydrogen-bond acceptors (Lipinski definition) is 7. The minimum Gasteiger partial charge on any atom is -0.495 e. The number of nitrogens with zero attached hydrogens (tertiary/aromatic N) is 4. The first-order valence-electron chi connectivity index (χ1n) is 10.2. The molecule has 0 aliphatic carbocycles. The van der Waals surface area contributed by atoms with Gasteiger partial charge in [-0.2, -0.15) is 0 Å². The fourth-order valence-corrected chi connectivity index (χ4v) is 4.83. The molecule has 1 saturated heterocycles. The highest BCUT2D eigenvalue weighted by molar-refractivity contribution is 7.99. The molecule has 168 valence electrons. The van der Waals surface area contributed by atoms with E-state index in [-0.39, 0.29) is 29.6 Å². The number of nitro benzene ring substituents is 1. The third-order valence-electron chi connectivity index (χ3n) is 5.24. The molecule has 1 aromatic heterocycles. The maximum atomic E-state index is 12.9. The SMILES string of the molecule is COc1ccccc1-n1c(SCC(=O)N2CC(C)OC(C)C2)nc2cc([N+](=O)[O-])ccc21. The number of morpholine rings is 1. The Hall–Kier alpha value is -3.11. The zero-order valence-corrected chi connectivity index (χ0v) is 18.9. The van der Waals surface area contributed by atoms with Gasteiger partial charge >= 0.3 is 0 Å². The van der Waals surface area contributed by atoms with Crippen LogP contribution in [-0.2, 0) is 9.53 Å². The van der Waals surface area contributed by atoms with Crippen LogP contribution in [0.2, 0.25) is 0 Å². The van der Waals surface area contributed by atoms with Crippen molar-refractivity contribution in [1.82, 2.24) is 14.5 Å². The molecule has 9 nitrogen and oxygen atoms in total. The van der Waals surface area contributed by atoms with Gasteiger partial charge in [0.25, 0.3) is 5.69 Å². The van der Waals surface area contributed by atoms with Gasteiger partial charge in [-0.25, -0.2) is 4.98 Å². The van der Waals surface area contributed by atoms with E-state index in [0.29, 0.717) is 35.0 Å². The third-order valence-corrected chi connectivity index (χ3v) is 6.16. The lowest BCUT2D eigenvalue weighted by molar-refractivity contribution is -0.384. The quantitative estimate of drug-likeness (QED) is 0.317. The standard InChI is InChI=1S/C22H24N4O5S/c1-14-11-24(12-15(2)31-14)21(27)13-32-22-23-17-10-16(26(28)29)8-9-18(17)25(22)19-6-4-5-7-20(19)30-3/h4-10,14-15H,11-13H2,1-3H3. The third kappa shape index (κ3) is 4.42. The van der Waals surface area contributed by atoms with Gasteiger partial charge in [-0.15, -0.1) is 0 Å². The van der Waals surface area contributed by atoms with Crippen LogP contribution in [0.4, 0.5) is 5.69 Å². The molecule has 1 fully saturated rings. The number of methoxy groups -OCH3 is 1. The molecule has 1 aliphatic rings. The van der Waals surface area contributed by atoms with Crippen LogP contribution in [0, 0.1) is 10.1 Å². The van der Waals surface area contributed by atoms with Gasteiger partial charge in [0.05, 0.1) is 46.7 Å². The van der Waals surface area contributed by atoms with Crippen molar-refractivity contribution >= 4 is 34.4 Å². The Kier molecular flexibility index (Phi) is 6.33. The first-order chi connectivity index (χ1) is 15.4. The smallest absolute Gasteiger partial charge is 0.271 e. The topological polar surface area (TPSA) is 99.7 Å². The highest BCUT2D eigenvalue weighted by Gasteiger charge is 2.27. The van der Waals surface area contributed by atoms with Crippen LogP contribution in [0.3, 0.4) is 0 Å². The summed E-state index contributed by atoms with van der Waals surface area (Å²) in [6.07, 6.45) is -0.0159. The Morgan fingerprint density at radius 2 is 1.97 bits per heavy atom. The van der Waals surface area contributed by atoms with Crippen molar-refractivity contribution in [3.8, 4) is 11.4 Å². The van der Waals surface area contributed by atoms with Crippen LogP contribution in [0.5, 0.6) is 5.75 Å². The largest absolute Gasteiger partial charge is 0.495 e. The molecule has 0 saturated carbocycles. The van der Waals surface area contributed by atoms with E-state index in [2.05, 4.69) is 4.98 Å². The number of carbonyl (C=O) groups is 1. The predicted octanol–water partition coefficient (Wildman–Crippen LogP) is 3.67.